The summed E-state index contributed by atoms with van der Waals surface area (Å²) in [5, 5.41) is 17.7. The van der Waals surface area contributed by atoms with Crippen molar-refractivity contribution in [2.75, 3.05) is 11.9 Å². The number of ether oxygens (including phenoxy) is 1. The molecule has 2 unspecified atom stereocenters. The number of aryl methyl sites for hydroxylation is 1. The maximum Gasteiger partial charge on any atom is 0.408 e. The van der Waals surface area contributed by atoms with E-state index in [1.54, 1.807) is 26.8 Å². The molecule has 0 bridgehead atoms. The van der Waals surface area contributed by atoms with Gasteiger partial charge in [0.15, 0.2) is 0 Å². The summed E-state index contributed by atoms with van der Waals surface area (Å²) in [6, 6.07) is 18.5. The van der Waals surface area contributed by atoms with Crippen molar-refractivity contribution >= 4 is 34.4 Å². The minimum Gasteiger partial charge on any atom is -0.444 e. The first kappa shape index (κ1) is 30.6. The van der Waals surface area contributed by atoms with Crippen LogP contribution in [0.2, 0.25) is 0 Å². The van der Waals surface area contributed by atoms with E-state index in [-0.39, 0.29) is 0 Å². The number of carbonyl (C=O) groups is 3. The van der Waals surface area contributed by atoms with Gasteiger partial charge < -0.3 is 25.4 Å². The third-order valence-corrected chi connectivity index (χ3v) is 6.81. The van der Waals surface area contributed by atoms with Crippen LogP contribution in [0.15, 0.2) is 66.7 Å². The molecule has 8 nitrogen and oxygen atoms in total. The van der Waals surface area contributed by atoms with E-state index in [0.29, 0.717) is 17.7 Å². The Morgan fingerprint density at radius 3 is 2.20 bits per heavy atom. The molecule has 3 amide bonds. The summed E-state index contributed by atoms with van der Waals surface area (Å²) in [6.07, 6.45) is -0.323. The number of hydrogen-bond acceptors (Lipinski definition) is 5. The molecule has 0 fully saturated rings. The maximum atomic E-state index is 14.1. The molecule has 3 aromatic carbocycles. The molecule has 0 spiro atoms. The Kier molecular flexibility index (Phi) is 9.58. The Hall–Kier alpha value is -3.91. The number of benzene rings is 3. The van der Waals surface area contributed by atoms with E-state index in [1.807, 2.05) is 88.4 Å². The predicted molar refractivity (Wildman–Crippen MR) is 158 cm³/mol. The van der Waals surface area contributed by atoms with Crippen LogP contribution in [0.25, 0.3) is 10.8 Å². The zero-order valence-corrected chi connectivity index (χ0v) is 24.4. The summed E-state index contributed by atoms with van der Waals surface area (Å²) in [6.45, 7) is 12.0. The molecule has 0 aliphatic carbocycles. The molecule has 3 aromatic rings. The number of nitrogens with one attached hydrogen (secondary N) is 2. The molecule has 0 heterocycles. The lowest BCUT2D eigenvalue weighted by atomic mass is 9.91. The summed E-state index contributed by atoms with van der Waals surface area (Å²) in [5.74, 6) is -1.01. The quantitative estimate of drug-likeness (QED) is 0.317. The number of nitrogens with zero attached hydrogens (tertiary/aromatic N) is 1. The van der Waals surface area contributed by atoms with Crippen LogP contribution < -0.4 is 10.6 Å². The fraction of sp³-hybridized carbons (Fsp3) is 0.406. The van der Waals surface area contributed by atoms with Crippen molar-refractivity contribution < 1.29 is 24.2 Å². The molecule has 0 aliphatic rings. The molecule has 0 radical (unpaired) electrons. The predicted octanol–water partition coefficient (Wildman–Crippen LogP) is 5.73. The SMILES string of the molecule is CCC(C)(C)N(C(=O)C(CO)NC(=O)OC(C)(C)C)C(C(=O)Nc1ccc2ccccc2c1)c1cccc(C)c1. The van der Waals surface area contributed by atoms with E-state index >= 15 is 0 Å². The summed E-state index contributed by atoms with van der Waals surface area (Å²) in [7, 11) is 0. The number of carbonyl (C=O) groups excluding carboxylic acids is 3. The van der Waals surface area contributed by atoms with Crippen molar-refractivity contribution in [3.8, 4) is 0 Å². The summed E-state index contributed by atoms with van der Waals surface area (Å²) in [5.41, 5.74) is 0.512. The largest absolute Gasteiger partial charge is 0.444 e. The Balaban J connectivity index is 2.06. The molecular formula is C32H41N3O5. The highest BCUT2D eigenvalue weighted by molar-refractivity contribution is 6.00. The van der Waals surface area contributed by atoms with Gasteiger partial charge in [-0.1, -0.05) is 67.1 Å². The highest BCUT2D eigenvalue weighted by Crippen LogP contribution is 2.33. The van der Waals surface area contributed by atoms with Crippen LogP contribution >= 0.6 is 0 Å². The number of hydrogen-bond donors (Lipinski definition) is 3. The van der Waals surface area contributed by atoms with Gasteiger partial charge >= 0.3 is 6.09 Å². The number of aliphatic hydroxyl groups is 1. The normalized spacial score (nSPS) is 13.3. The van der Waals surface area contributed by atoms with Gasteiger partial charge in [-0.3, -0.25) is 9.59 Å². The standard InChI is InChI=1S/C32H41N3O5/c1-8-32(6,7)35(29(38)26(20-36)34-30(39)40-31(3,4)5)27(24-15-11-12-21(2)18-24)28(37)33-25-17-16-22-13-9-10-14-23(22)19-25/h9-19,26-27,36H,8,20H2,1-7H3,(H,33,37)(H,34,39). The lowest BCUT2D eigenvalue weighted by Crippen LogP contribution is -2.59. The van der Waals surface area contributed by atoms with Gasteiger partial charge in [0.25, 0.3) is 5.91 Å². The minimum atomic E-state index is -1.32. The molecule has 3 rings (SSSR count). The van der Waals surface area contributed by atoms with E-state index in [2.05, 4.69) is 10.6 Å². The van der Waals surface area contributed by atoms with Gasteiger partial charge in [-0.05, 0) is 76.4 Å². The Morgan fingerprint density at radius 2 is 1.60 bits per heavy atom. The first-order valence-electron chi connectivity index (χ1n) is 13.6. The van der Waals surface area contributed by atoms with Crippen molar-refractivity contribution in [3.05, 3.63) is 77.9 Å². The van der Waals surface area contributed by atoms with Crippen molar-refractivity contribution in [1.82, 2.24) is 10.2 Å². The summed E-state index contributed by atoms with van der Waals surface area (Å²) < 4.78 is 5.32. The number of amides is 3. The van der Waals surface area contributed by atoms with E-state index < -0.39 is 47.7 Å². The average molecular weight is 548 g/mol. The van der Waals surface area contributed by atoms with Crippen LogP contribution in [0, 0.1) is 6.92 Å². The third-order valence-electron chi connectivity index (χ3n) is 6.81. The molecule has 0 aliphatic heterocycles. The van der Waals surface area contributed by atoms with Crippen LogP contribution in [0.4, 0.5) is 10.5 Å². The lowest BCUT2D eigenvalue weighted by Gasteiger charge is -2.44. The number of aliphatic hydroxyl groups excluding tert-OH is 1. The third kappa shape index (κ3) is 7.60. The topological polar surface area (TPSA) is 108 Å². The Morgan fingerprint density at radius 1 is 0.925 bits per heavy atom. The van der Waals surface area contributed by atoms with Crippen LogP contribution in [-0.2, 0) is 14.3 Å². The molecule has 0 saturated carbocycles. The van der Waals surface area contributed by atoms with Gasteiger partial charge in [-0.25, -0.2) is 4.79 Å². The van der Waals surface area contributed by atoms with Gasteiger partial charge in [0.1, 0.15) is 17.7 Å². The Bertz CT molecular complexity index is 1360. The fourth-order valence-electron chi connectivity index (χ4n) is 4.48. The molecular weight excluding hydrogens is 506 g/mol. The zero-order chi connectivity index (χ0) is 29.7. The second-order valence-corrected chi connectivity index (χ2v) is 11.6. The number of alkyl carbamates (subject to hydrolysis) is 1. The van der Waals surface area contributed by atoms with E-state index in [0.717, 1.165) is 16.3 Å². The van der Waals surface area contributed by atoms with Gasteiger partial charge in [0.05, 0.1) is 6.61 Å². The number of anilines is 1. The van der Waals surface area contributed by atoms with Crippen molar-refractivity contribution in [1.29, 1.82) is 0 Å². The number of rotatable bonds is 9. The van der Waals surface area contributed by atoms with Gasteiger partial charge in [-0.15, -0.1) is 0 Å². The molecule has 0 saturated heterocycles. The summed E-state index contributed by atoms with van der Waals surface area (Å²) >= 11 is 0. The minimum absolute atomic E-state index is 0.412. The van der Waals surface area contributed by atoms with E-state index in [1.165, 1.54) is 4.90 Å². The molecule has 8 heteroatoms. The van der Waals surface area contributed by atoms with Gasteiger partial charge in [-0.2, -0.15) is 0 Å². The van der Waals surface area contributed by atoms with Crippen LogP contribution in [0.5, 0.6) is 0 Å². The van der Waals surface area contributed by atoms with Crippen molar-refractivity contribution in [3.63, 3.8) is 0 Å². The second kappa shape index (κ2) is 12.5. The van der Waals surface area contributed by atoms with Crippen LogP contribution in [-0.4, -0.2) is 51.7 Å². The van der Waals surface area contributed by atoms with Crippen molar-refractivity contribution in [2.24, 2.45) is 0 Å². The lowest BCUT2D eigenvalue weighted by molar-refractivity contribution is -0.148. The number of fused-ring (bicyclic) bond motifs is 1. The Labute approximate surface area is 236 Å². The monoisotopic (exact) mass is 547 g/mol. The first-order valence-corrected chi connectivity index (χ1v) is 13.6. The van der Waals surface area contributed by atoms with Crippen molar-refractivity contribution in [2.45, 2.75) is 78.1 Å². The molecule has 3 N–H and O–H groups in total. The highest BCUT2D eigenvalue weighted by Gasteiger charge is 2.43. The molecule has 214 valence electrons. The molecule has 0 aromatic heterocycles. The average Bonchev–Trinajstić information content (AvgIpc) is 2.88. The zero-order valence-electron chi connectivity index (χ0n) is 24.4. The molecule has 40 heavy (non-hydrogen) atoms. The smallest absolute Gasteiger partial charge is 0.408 e. The van der Waals surface area contributed by atoms with Gasteiger partial charge in [0.2, 0.25) is 5.91 Å². The highest BCUT2D eigenvalue weighted by atomic mass is 16.6. The van der Waals surface area contributed by atoms with Gasteiger partial charge in [0, 0.05) is 11.2 Å². The van der Waals surface area contributed by atoms with E-state index in [9.17, 15) is 19.5 Å². The first-order chi connectivity index (χ1) is 18.8. The fourth-order valence-corrected chi connectivity index (χ4v) is 4.48. The second-order valence-electron chi connectivity index (χ2n) is 11.6. The summed E-state index contributed by atoms with van der Waals surface area (Å²) in [4.78, 5) is 42.3. The molecule has 2 atom stereocenters. The van der Waals surface area contributed by atoms with Crippen LogP contribution in [0.3, 0.4) is 0 Å². The van der Waals surface area contributed by atoms with Crippen LogP contribution in [0.1, 0.15) is 65.1 Å². The maximum absolute atomic E-state index is 14.1. The van der Waals surface area contributed by atoms with E-state index in [4.69, 9.17) is 4.74 Å².